The Morgan fingerprint density at radius 3 is 3.16 bits per heavy atom. The van der Waals surface area contributed by atoms with Crippen LogP contribution in [0.15, 0.2) is 33.3 Å². The number of halogens is 1. The average Bonchev–Trinajstić information content (AvgIpc) is 3.34. The molecule has 1 aliphatic heterocycles. The first-order valence-corrected chi connectivity index (χ1v) is 8.99. The third-order valence-corrected chi connectivity index (χ3v) is 4.65. The minimum absolute atomic E-state index is 0.0709. The first-order valence-electron chi connectivity index (χ1n) is 8.19. The second-order valence-electron chi connectivity index (χ2n) is 5.97. The van der Waals surface area contributed by atoms with Gasteiger partial charge in [-0.25, -0.2) is 0 Å². The van der Waals surface area contributed by atoms with E-state index in [2.05, 4.69) is 36.4 Å². The fraction of sp³-hybridized carbons (Fsp3) is 0.353. The molecule has 1 atom stereocenters. The summed E-state index contributed by atoms with van der Waals surface area (Å²) in [6, 6.07) is 7.97. The molecule has 0 aliphatic carbocycles. The van der Waals surface area contributed by atoms with Crippen LogP contribution in [0.5, 0.6) is 0 Å². The van der Waals surface area contributed by atoms with Crippen molar-refractivity contribution < 1.29 is 14.1 Å². The van der Waals surface area contributed by atoms with E-state index in [0.717, 1.165) is 33.9 Å². The number of hydrogen-bond donors (Lipinski definition) is 2. The molecule has 1 saturated heterocycles. The minimum Gasteiger partial charge on any atom is -0.368 e. The van der Waals surface area contributed by atoms with E-state index in [4.69, 9.17) is 9.26 Å². The zero-order chi connectivity index (χ0) is 17.2. The number of aromatic amines is 1. The van der Waals surface area contributed by atoms with Crippen molar-refractivity contribution >= 4 is 32.7 Å². The van der Waals surface area contributed by atoms with E-state index in [1.54, 1.807) is 0 Å². The normalized spacial score (nSPS) is 17.2. The number of amides is 1. The van der Waals surface area contributed by atoms with E-state index < -0.39 is 0 Å². The van der Waals surface area contributed by atoms with Gasteiger partial charge in [-0.1, -0.05) is 21.1 Å². The summed E-state index contributed by atoms with van der Waals surface area (Å²) in [5.74, 6) is 0.925. The third kappa shape index (κ3) is 3.59. The molecule has 0 spiro atoms. The van der Waals surface area contributed by atoms with Crippen LogP contribution in [0.4, 0.5) is 0 Å². The van der Waals surface area contributed by atoms with Crippen LogP contribution < -0.4 is 5.32 Å². The Hall–Kier alpha value is -2.19. The average molecular weight is 405 g/mol. The molecule has 0 saturated carbocycles. The summed E-state index contributed by atoms with van der Waals surface area (Å²) in [5, 5.41) is 7.93. The van der Waals surface area contributed by atoms with Crippen LogP contribution in [0.1, 0.15) is 18.7 Å². The SMILES string of the molecule is O=C(NCCc1nc(-c2cc3cc(Br)ccc3[nH]2)no1)C1CCCO1. The van der Waals surface area contributed by atoms with E-state index in [0.29, 0.717) is 31.3 Å². The van der Waals surface area contributed by atoms with E-state index in [1.807, 2.05) is 24.3 Å². The lowest BCUT2D eigenvalue weighted by atomic mass is 10.2. The standard InChI is InChI=1S/C17H17BrN4O3/c18-11-3-4-12-10(8-11)9-13(20-12)16-21-15(25-22-16)5-6-19-17(23)14-2-1-7-24-14/h3-4,8-9,14,20H,1-2,5-7H2,(H,19,23). The van der Waals surface area contributed by atoms with Gasteiger partial charge in [-0.2, -0.15) is 4.98 Å². The summed E-state index contributed by atoms with van der Waals surface area (Å²) in [6.07, 6.45) is 1.89. The fourth-order valence-corrected chi connectivity index (χ4v) is 3.26. The Balaban J connectivity index is 1.38. The summed E-state index contributed by atoms with van der Waals surface area (Å²) in [6.45, 7) is 1.10. The highest BCUT2D eigenvalue weighted by Gasteiger charge is 2.23. The fourth-order valence-electron chi connectivity index (χ4n) is 2.88. The lowest BCUT2D eigenvalue weighted by molar-refractivity contribution is -0.130. The van der Waals surface area contributed by atoms with Gasteiger partial charge >= 0.3 is 0 Å². The molecule has 3 aromatic rings. The number of rotatable bonds is 5. The number of benzene rings is 1. The monoisotopic (exact) mass is 404 g/mol. The number of H-pyrrole nitrogens is 1. The maximum absolute atomic E-state index is 11.9. The number of carbonyl (C=O) groups is 1. The predicted octanol–water partition coefficient (Wildman–Crippen LogP) is 2.82. The molecule has 1 fully saturated rings. The number of nitrogens with one attached hydrogen (secondary N) is 2. The summed E-state index contributed by atoms with van der Waals surface area (Å²) < 4.78 is 11.6. The molecule has 3 heterocycles. The van der Waals surface area contributed by atoms with Crippen molar-refractivity contribution in [2.75, 3.05) is 13.2 Å². The topological polar surface area (TPSA) is 93.0 Å². The van der Waals surface area contributed by atoms with Crippen LogP contribution in [-0.2, 0) is 16.0 Å². The van der Waals surface area contributed by atoms with Crippen molar-refractivity contribution in [2.45, 2.75) is 25.4 Å². The van der Waals surface area contributed by atoms with Gasteiger partial charge in [0, 0.05) is 34.9 Å². The van der Waals surface area contributed by atoms with E-state index >= 15 is 0 Å². The molecule has 1 amide bonds. The summed E-state index contributed by atoms with van der Waals surface area (Å²) in [7, 11) is 0. The van der Waals surface area contributed by atoms with Crippen molar-refractivity contribution in [3.8, 4) is 11.5 Å². The Labute approximate surface area is 152 Å². The van der Waals surface area contributed by atoms with Gasteiger partial charge in [0.25, 0.3) is 0 Å². The van der Waals surface area contributed by atoms with Gasteiger partial charge in [-0.15, -0.1) is 0 Å². The zero-order valence-electron chi connectivity index (χ0n) is 13.4. The van der Waals surface area contributed by atoms with Crippen molar-refractivity contribution in [1.29, 1.82) is 0 Å². The van der Waals surface area contributed by atoms with Crippen LogP contribution >= 0.6 is 15.9 Å². The number of hydrogen-bond acceptors (Lipinski definition) is 5. The lowest BCUT2D eigenvalue weighted by Gasteiger charge is -2.08. The molecule has 0 bridgehead atoms. The first kappa shape index (κ1) is 16.3. The zero-order valence-corrected chi connectivity index (χ0v) is 15.0. The quantitative estimate of drug-likeness (QED) is 0.681. The molecule has 25 heavy (non-hydrogen) atoms. The number of nitrogens with zero attached hydrogens (tertiary/aromatic N) is 2. The van der Waals surface area contributed by atoms with Gasteiger partial charge in [0.05, 0.1) is 5.69 Å². The summed E-state index contributed by atoms with van der Waals surface area (Å²) in [5.41, 5.74) is 1.81. The van der Waals surface area contributed by atoms with E-state index in [1.165, 1.54) is 0 Å². The predicted molar refractivity (Wildman–Crippen MR) is 95.0 cm³/mol. The van der Waals surface area contributed by atoms with Gasteiger partial charge in [-0.05, 0) is 37.1 Å². The highest BCUT2D eigenvalue weighted by atomic mass is 79.9. The molecule has 2 N–H and O–H groups in total. The van der Waals surface area contributed by atoms with Gasteiger partial charge in [0.2, 0.25) is 17.6 Å². The second-order valence-corrected chi connectivity index (χ2v) is 6.88. The molecule has 130 valence electrons. The number of carbonyl (C=O) groups excluding carboxylic acids is 1. The molecule has 7 nitrogen and oxygen atoms in total. The Morgan fingerprint density at radius 1 is 1.40 bits per heavy atom. The van der Waals surface area contributed by atoms with Crippen molar-refractivity contribution in [3.05, 3.63) is 34.6 Å². The lowest BCUT2D eigenvalue weighted by Crippen LogP contribution is -2.35. The summed E-state index contributed by atoms with van der Waals surface area (Å²) >= 11 is 3.46. The largest absolute Gasteiger partial charge is 0.368 e. The van der Waals surface area contributed by atoms with Gasteiger partial charge in [0.15, 0.2) is 0 Å². The van der Waals surface area contributed by atoms with Crippen LogP contribution in [0.2, 0.25) is 0 Å². The number of aromatic nitrogens is 3. The van der Waals surface area contributed by atoms with Gasteiger partial charge in [-0.3, -0.25) is 4.79 Å². The number of fused-ring (bicyclic) bond motifs is 1. The van der Waals surface area contributed by atoms with Crippen LogP contribution in [-0.4, -0.2) is 40.3 Å². The van der Waals surface area contributed by atoms with E-state index in [-0.39, 0.29) is 12.0 Å². The highest BCUT2D eigenvalue weighted by molar-refractivity contribution is 9.10. The van der Waals surface area contributed by atoms with Gasteiger partial charge in [0.1, 0.15) is 6.10 Å². The second kappa shape index (κ2) is 6.97. The smallest absolute Gasteiger partial charge is 0.249 e. The van der Waals surface area contributed by atoms with Crippen LogP contribution in [0.25, 0.3) is 22.4 Å². The number of ether oxygens (including phenoxy) is 1. The molecular weight excluding hydrogens is 388 g/mol. The molecule has 1 unspecified atom stereocenters. The van der Waals surface area contributed by atoms with Crippen molar-refractivity contribution in [1.82, 2.24) is 20.4 Å². The maximum atomic E-state index is 11.9. The van der Waals surface area contributed by atoms with Gasteiger partial charge < -0.3 is 19.6 Å². The molecule has 4 rings (SSSR count). The highest BCUT2D eigenvalue weighted by Crippen LogP contribution is 2.24. The Kier molecular flexibility index (Phi) is 4.54. The first-order chi connectivity index (χ1) is 12.2. The van der Waals surface area contributed by atoms with Crippen molar-refractivity contribution in [2.24, 2.45) is 0 Å². The van der Waals surface area contributed by atoms with Crippen LogP contribution in [0, 0.1) is 0 Å². The Bertz CT molecular complexity index is 898. The minimum atomic E-state index is -0.316. The molecular formula is C17H17BrN4O3. The summed E-state index contributed by atoms with van der Waals surface area (Å²) in [4.78, 5) is 19.5. The molecule has 1 aliphatic rings. The molecule has 2 aromatic heterocycles. The molecule has 8 heteroatoms. The molecule has 1 aromatic carbocycles. The molecule has 0 radical (unpaired) electrons. The van der Waals surface area contributed by atoms with Crippen molar-refractivity contribution in [3.63, 3.8) is 0 Å². The van der Waals surface area contributed by atoms with E-state index in [9.17, 15) is 4.79 Å². The third-order valence-electron chi connectivity index (χ3n) is 4.15. The Morgan fingerprint density at radius 2 is 2.32 bits per heavy atom. The maximum Gasteiger partial charge on any atom is 0.249 e. The van der Waals surface area contributed by atoms with Crippen LogP contribution in [0.3, 0.4) is 0 Å².